The van der Waals surface area contributed by atoms with Crippen molar-refractivity contribution in [3.05, 3.63) is 0 Å². The van der Waals surface area contributed by atoms with E-state index in [-0.39, 0.29) is 0 Å². The summed E-state index contributed by atoms with van der Waals surface area (Å²) in [5, 5.41) is 3.50. The van der Waals surface area contributed by atoms with Crippen LogP contribution in [0.1, 0.15) is 34.1 Å². The Morgan fingerprint density at radius 3 is 2.44 bits per heavy atom. The van der Waals surface area contributed by atoms with Crippen molar-refractivity contribution in [1.82, 2.24) is 10.2 Å². The van der Waals surface area contributed by atoms with E-state index >= 15 is 0 Å². The molecule has 0 aromatic carbocycles. The van der Waals surface area contributed by atoms with Crippen LogP contribution >= 0.6 is 0 Å². The topological polar surface area (TPSA) is 49.4 Å². The van der Waals surface area contributed by atoms with Crippen molar-refractivity contribution in [1.29, 1.82) is 0 Å². The summed E-state index contributed by atoms with van der Waals surface area (Å²) < 4.78 is 22.8. The average molecular weight is 276 g/mol. The summed E-state index contributed by atoms with van der Waals surface area (Å²) in [6.45, 7) is 11.6. The van der Waals surface area contributed by atoms with Crippen LogP contribution in [-0.2, 0) is 9.84 Å². The highest BCUT2D eigenvalue weighted by atomic mass is 32.2. The van der Waals surface area contributed by atoms with Crippen molar-refractivity contribution in [3.8, 4) is 0 Å². The largest absolute Gasteiger partial charge is 0.314 e. The zero-order valence-electron chi connectivity index (χ0n) is 12.4. The maximum absolute atomic E-state index is 11.7. The summed E-state index contributed by atoms with van der Waals surface area (Å²) in [4.78, 5) is 2.29. The molecule has 0 saturated carbocycles. The average Bonchev–Trinajstić information content (AvgIpc) is 2.20. The van der Waals surface area contributed by atoms with Crippen molar-refractivity contribution in [2.24, 2.45) is 5.92 Å². The Kier molecular flexibility index (Phi) is 5.21. The number of nitrogens with one attached hydrogen (secondary N) is 1. The van der Waals surface area contributed by atoms with Gasteiger partial charge in [-0.3, -0.25) is 0 Å². The van der Waals surface area contributed by atoms with E-state index in [9.17, 15) is 8.42 Å². The second kappa shape index (κ2) is 5.88. The third kappa shape index (κ3) is 3.93. The summed E-state index contributed by atoms with van der Waals surface area (Å²) in [6, 6.07) is 0.576. The molecule has 108 valence electrons. The quantitative estimate of drug-likeness (QED) is 0.818. The predicted molar refractivity (Wildman–Crippen MR) is 76.6 cm³/mol. The number of nitrogens with zero attached hydrogens (tertiary/aromatic N) is 1. The number of rotatable bonds is 5. The third-order valence-electron chi connectivity index (χ3n) is 4.06. The molecule has 0 aliphatic carbocycles. The van der Waals surface area contributed by atoms with E-state index in [2.05, 4.69) is 24.1 Å². The van der Waals surface area contributed by atoms with Crippen molar-refractivity contribution < 1.29 is 8.42 Å². The van der Waals surface area contributed by atoms with Gasteiger partial charge in [-0.05, 0) is 39.3 Å². The van der Waals surface area contributed by atoms with Crippen molar-refractivity contribution >= 4 is 9.84 Å². The first-order chi connectivity index (χ1) is 8.17. The molecule has 0 spiro atoms. The fraction of sp³-hybridized carbons (Fsp3) is 1.00. The van der Waals surface area contributed by atoms with Crippen LogP contribution in [0.4, 0.5) is 0 Å². The zero-order valence-corrected chi connectivity index (χ0v) is 13.2. The Morgan fingerprint density at radius 2 is 2.00 bits per heavy atom. The van der Waals surface area contributed by atoms with Gasteiger partial charge in [0.25, 0.3) is 0 Å². The molecule has 1 fully saturated rings. The van der Waals surface area contributed by atoms with Crippen LogP contribution in [0.5, 0.6) is 0 Å². The van der Waals surface area contributed by atoms with E-state index in [4.69, 9.17) is 0 Å². The Labute approximate surface area is 112 Å². The van der Waals surface area contributed by atoms with Crippen LogP contribution in [-0.4, -0.2) is 56.5 Å². The lowest BCUT2D eigenvalue weighted by Crippen LogP contribution is -2.52. The van der Waals surface area contributed by atoms with Gasteiger partial charge in [0.05, 0.1) is 4.75 Å². The molecule has 1 rings (SSSR count). The lowest BCUT2D eigenvalue weighted by molar-refractivity contribution is 0.139. The van der Waals surface area contributed by atoms with E-state index in [1.807, 2.05) is 13.8 Å². The van der Waals surface area contributed by atoms with Crippen molar-refractivity contribution in [2.45, 2.75) is 44.9 Å². The molecular formula is C13H28N2O2S. The number of hydrogen-bond acceptors (Lipinski definition) is 4. The van der Waals surface area contributed by atoms with E-state index in [1.165, 1.54) is 6.26 Å². The molecule has 0 radical (unpaired) electrons. The zero-order chi connectivity index (χ0) is 14.0. The molecule has 0 aromatic heterocycles. The molecular weight excluding hydrogens is 248 g/mol. The van der Waals surface area contributed by atoms with Crippen LogP contribution in [0.2, 0.25) is 0 Å². The third-order valence-corrected chi connectivity index (χ3v) is 6.20. The molecule has 0 amide bonds. The predicted octanol–water partition coefficient (Wildman–Crippen LogP) is 1.13. The fourth-order valence-corrected chi connectivity index (χ4v) is 3.01. The first kappa shape index (κ1) is 15.9. The highest BCUT2D eigenvalue weighted by molar-refractivity contribution is 7.92. The highest BCUT2D eigenvalue weighted by Crippen LogP contribution is 2.22. The van der Waals surface area contributed by atoms with E-state index in [0.717, 1.165) is 26.1 Å². The monoisotopic (exact) mass is 276 g/mol. The van der Waals surface area contributed by atoms with Crippen molar-refractivity contribution in [3.63, 3.8) is 0 Å². The van der Waals surface area contributed by atoms with Crippen LogP contribution in [0.3, 0.4) is 0 Å². The summed E-state index contributed by atoms with van der Waals surface area (Å²) in [6.07, 6.45) is 2.44. The van der Waals surface area contributed by atoms with Gasteiger partial charge in [-0.15, -0.1) is 0 Å². The second-order valence-corrected chi connectivity index (χ2v) is 8.85. The van der Waals surface area contributed by atoms with E-state index in [1.54, 1.807) is 0 Å². The van der Waals surface area contributed by atoms with E-state index in [0.29, 0.717) is 18.5 Å². The summed E-state index contributed by atoms with van der Waals surface area (Å²) in [5.41, 5.74) is 0. The maximum Gasteiger partial charge on any atom is 0.153 e. The molecule has 5 heteroatoms. The summed E-state index contributed by atoms with van der Waals surface area (Å²) in [7, 11) is -3.00. The van der Waals surface area contributed by atoms with Gasteiger partial charge < -0.3 is 10.2 Å². The molecule has 1 saturated heterocycles. The molecule has 1 aliphatic rings. The Bertz CT molecular complexity index is 365. The van der Waals surface area contributed by atoms with E-state index < -0.39 is 14.6 Å². The normalized spacial score (nSPS) is 27.4. The van der Waals surface area contributed by atoms with Gasteiger partial charge in [0, 0.05) is 25.4 Å². The SMILES string of the molecule is CCNC1CCN(CC(C)(C)S(C)(=O)=O)CC1C. The first-order valence-electron chi connectivity index (χ1n) is 6.82. The standard InChI is InChI=1S/C13H28N2O2S/c1-6-14-12-7-8-15(9-11(12)2)10-13(3,4)18(5,16)17/h11-12,14H,6-10H2,1-5H3. The number of piperidine rings is 1. The van der Waals surface area contributed by atoms with Gasteiger partial charge >= 0.3 is 0 Å². The molecule has 1 N–H and O–H groups in total. The van der Waals surface area contributed by atoms with Crippen molar-refractivity contribution in [2.75, 3.05) is 32.4 Å². The van der Waals surface area contributed by atoms with Gasteiger partial charge in [0.15, 0.2) is 9.84 Å². The minimum absolute atomic E-state index is 0.576. The van der Waals surface area contributed by atoms with Crippen LogP contribution in [0.25, 0.3) is 0 Å². The van der Waals surface area contributed by atoms with Crippen LogP contribution < -0.4 is 5.32 Å². The first-order valence-corrected chi connectivity index (χ1v) is 8.72. The summed E-state index contributed by atoms with van der Waals surface area (Å²) in [5.74, 6) is 0.578. The van der Waals surface area contributed by atoms with Crippen LogP contribution in [0, 0.1) is 5.92 Å². The lowest BCUT2D eigenvalue weighted by atomic mass is 9.93. The Balaban J connectivity index is 2.57. The smallest absolute Gasteiger partial charge is 0.153 e. The molecule has 2 atom stereocenters. The molecule has 1 aliphatic heterocycles. The fourth-order valence-electron chi connectivity index (χ4n) is 2.60. The summed E-state index contributed by atoms with van der Waals surface area (Å²) >= 11 is 0. The number of sulfone groups is 1. The number of likely N-dealkylation sites (tertiary alicyclic amines) is 1. The van der Waals surface area contributed by atoms with Gasteiger partial charge in [0.1, 0.15) is 0 Å². The highest BCUT2D eigenvalue weighted by Gasteiger charge is 2.35. The second-order valence-electron chi connectivity index (χ2n) is 6.20. The van der Waals surface area contributed by atoms with Crippen LogP contribution in [0.15, 0.2) is 0 Å². The van der Waals surface area contributed by atoms with Gasteiger partial charge in [-0.25, -0.2) is 8.42 Å². The molecule has 0 bridgehead atoms. The maximum atomic E-state index is 11.7. The Morgan fingerprint density at radius 1 is 1.39 bits per heavy atom. The van der Waals surface area contributed by atoms with Gasteiger partial charge in [-0.1, -0.05) is 13.8 Å². The minimum Gasteiger partial charge on any atom is -0.314 e. The molecule has 0 aromatic rings. The molecule has 4 nitrogen and oxygen atoms in total. The molecule has 1 heterocycles. The lowest BCUT2D eigenvalue weighted by Gasteiger charge is -2.40. The van der Waals surface area contributed by atoms with Gasteiger partial charge in [-0.2, -0.15) is 0 Å². The molecule has 2 unspecified atom stereocenters. The minimum atomic E-state index is -3.00. The molecule has 18 heavy (non-hydrogen) atoms. The number of hydrogen-bond donors (Lipinski definition) is 1. The Hall–Kier alpha value is -0.130. The van der Waals surface area contributed by atoms with Gasteiger partial charge in [0.2, 0.25) is 0 Å².